The normalized spacial score (nSPS) is 14.6. The zero-order valence-electron chi connectivity index (χ0n) is 24.0. The van der Waals surface area contributed by atoms with Gasteiger partial charge < -0.3 is 26.6 Å². The van der Waals surface area contributed by atoms with Gasteiger partial charge >= 0.3 is 17.6 Å². The summed E-state index contributed by atoms with van der Waals surface area (Å²) in [5.41, 5.74) is 0.983. The van der Waals surface area contributed by atoms with Crippen molar-refractivity contribution >= 4 is 23.7 Å². The predicted octanol–water partition coefficient (Wildman–Crippen LogP) is 5.73. The molecule has 1 aromatic rings. The Bertz CT molecular complexity index is 641. The van der Waals surface area contributed by atoms with Gasteiger partial charge in [0.15, 0.2) is 0 Å². The summed E-state index contributed by atoms with van der Waals surface area (Å²) in [5, 5.41) is 0. The molecule has 1 rings (SSSR count). The van der Waals surface area contributed by atoms with Crippen molar-refractivity contribution in [3.8, 4) is 0 Å². The lowest BCUT2D eigenvalue weighted by Crippen LogP contribution is -2.70. The van der Waals surface area contributed by atoms with Crippen molar-refractivity contribution < 1.29 is 26.6 Å². The van der Waals surface area contributed by atoms with E-state index in [1.807, 2.05) is 47.6 Å². The van der Waals surface area contributed by atoms with Crippen LogP contribution in [0.2, 0.25) is 0 Å². The molecule has 0 aromatic heterocycles. The summed E-state index contributed by atoms with van der Waals surface area (Å²) in [7, 11) is -6.19. The highest BCUT2D eigenvalue weighted by molar-refractivity contribution is 6.64. The highest BCUT2D eigenvalue weighted by Crippen LogP contribution is 2.31. The van der Waals surface area contributed by atoms with Crippen LogP contribution in [-0.2, 0) is 26.6 Å². The SMILES string of the molecule is CCO[Si](OCC)(OCC)C(CC)N(C/C=C\c1ccccc1)C(CC)[Si](OCC)(OCC)OCC. The highest BCUT2D eigenvalue weighted by atomic mass is 28.4. The molecule has 0 aliphatic heterocycles. The van der Waals surface area contributed by atoms with Crippen LogP contribution in [0.5, 0.6) is 0 Å². The Labute approximate surface area is 222 Å². The molecular formula is C27H51NO6Si2. The maximum absolute atomic E-state index is 6.42. The molecule has 0 heterocycles. The molecular weight excluding hydrogens is 490 g/mol. The van der Waals surface area contributed by atoms with Gasteiger partial charge in [-0.2, -0.15) is 0 Å². The molecule has 36 heavy (non-hydrogen) atoms. The van der Waals surface area contributed by atoms with Crippen molar-refractivity contribution in [2.45, 2.75) is 79.6 Å². The molecule has 0 spiro atoms. The van der Waals surface area contributed by atoms with Crippen molar-refractivity contribution in [2.24, 2.45) is 0 Å². The molecule has 0 aliphatic rings. The molecule has 9 heteroatoms. The van der Waals surface area contributed by atoms with Crippen LogP contribution in [0.15, 0.2) is 36.4 Å². The standard InChI is InChI=1S/C27H51NO6Si2/c1-9-26(35(29-11-3,30-12-4)31-13-5)28(24-20-23-25-21-18-17-19-22-25)27(10-2)36(32-14-6,33-15-7)34-16-8/h17-23,26-27H,9-16,24H2,1-8H3/b23-20-. The molecule has 0 bridgehead atoms. The number of nitrogens with zero attached hydrogens (tertiary/aromatic N) is 1. The first-order valence-electron chi connectivity index (χ1n) is 13.8. The molecule has 2 atom stereocenters. The van der Waals surface area contributed by atoms with E-state index in [4.69, 9.17) is 26.6 Å². The molecule has 7 nitrogen and oxygen atoms in total. The van der Waals surface area contributed by atoms with E-state index in [0.29, 0.717) is 46.2 Å². The van der Waals surface area contributed by atoms with E-state index in [9.17, 15) is 0 Å². The van der Waals surface area contributed by atoms with Crippen LogP contribution in [0.3, 0.4) is 0 Å². The molecule has 0 aliphatic carbocycles. The van der Waals surface area contributed by atoms with Gasteiger partial charge in [-0.1, -0.05) is 56.3 Å². The predicted molar refractivity (Wildman–Crippen MR) is 152 cm³/mol. The number of rotatable bonds is 21. The quantitative estimate of drug-likeness (QED) is 0.184. The van der Waals surface area contributed by atoms with Crippen molar-refractivity contribution in [1.29, 1.82) is 0 Å². The van der Waals surface area contributed by atoms with Gasteiger partial charge in [-0.05, 0) is 59.9 Å². The lowest BCUT2D eigenvalue weighted by molar-refractivity contribution is 0.00563. The molecule has 0 saturated carbocycles. The minimum absolute atomic E-state index is 0.0871. The van der Waals surface area contributed by atoms with Gasteiger partial charge in [-0.3, -0.25) is 4.90 Å². The van der Waals surface area contributed by atoms with Gasteiger partial charge in [0, 0.05) is 46.2 Å². The first-order chi connectivity index (χ1) is 17.5. The molecule has 0 saturated heterocycles. The van der Waals surface area contributed by atoms with Crippen LogP contribution in [-0.4, -0.2) is 80.0 Å². The summed E-state index contributed by atoms with van der Waals surface area (Å²) in [5.74, 6) is 0. The van der Waals surface area contributed by atoms with E-state index in [0.717, 1.165) is 18.4 Å². The monoisotopic (exact) mass is 541 g/mol. The van der Waals surface area contributed by atoms with Crippen molar-refractivity contribution in [3.63, 3.8) is 0 Å². The third-order valence-corrected chi connectivity index (χ3v) is 13.1. The Morgan fingerprint density at radius 3 is 1.28 bits per heavy atom. The maximum atomic E-state index is 6.42. The van der Waals surface area contributed by atoms with Crippen LogP contribution in [0.4, 0.5) is 0 Å². The Hall–Kier alpha value is -0.886. The van der Waals surface area contributed by atoms with Crippen molar-refractivity contribution in [1.82, 2.24) is 4.90 Å². The summed E-state index contributed by atoms with van der Waals surface area (Å²) in [6.07, 6.45) is 5.96. The van der Waals surface area contributed by atoms with Gasteiger partial charge in [0.2, 0.25) is 0 Å². The summed E-state index contributed by atoms with van der Waals surface area (Å²) >= 11 is 0. The lowest BCUT2D eigenvalue weighted by atomic mass is 10.2. The van der Waals surface area contributed by atoms with E-state index >= 15 is 0 Å². The summed E-state index contributed by atoms with van der Waals surface area (Å²) in [6, 6.07) is 10.3. The van der Waals surface area contributed by atoms with Crippen LogP contribution >= 0.6 is 0 Å². The van der Waals surface area contributed by atoms with Crippen LogP contribution in [0.1, 0.15) is 73.8 Å². The lowest BCUT2D eigenvalue weighted by Gasteiger charge is -2.47. The van der Waals surface area contributed by atoms with E-state index < -0.39 is 17.6 Å². The smallest absolute Gasteiger partial charge is 0.373 e. The average molecular weight is 542 g/mol. The van der Waals surface area contributed by atoms with Crippen LogP contribution in [0, 0.1) is 0 Å². The number of hydrogen-bond acceptors (Lipinski definition) is 7. The van der Waals surface area contributed by atoms with Gasteiger partial charge in [0.25, 0.3) is 0 Å². The molecule has 0 N–H and O–H groups in total. The number of benzene rings is 1. The third kappa shape index (κ3) is 9.14. The van der Waals surface area contributed by atoms with Crippen LogP contribution < -0.4 is 0 Å². The maximum Gasteiger partial charge on any atom is 0.519 e. The minimum atomic E-state index is -3.10. The van der Waals surface area contributed by atoms with Gasteiger partial charge in [0.05, 0.1) is 11.3 Å². The first-order valence-corrected chi connectivity index (χ1v) is 17.4. The summed E-state index contributed by atoms with van der Waals surface area (Å²) in [4.78, 5) is 2.43. The van der Waals surface area contributed by atoms with Crippen molar-refractivity contribution in [2.75, 3.05) is 46.2 Å². The Morgan fingerprint density at radius 1 is 0.611 bits per heavy atom. The van der Waals surface area contributed by atoms with Crippen LogP contribution in [0.25, 0.3) is 6.08 Å². The average Bonchev–Trinajstić information content (AvgIpc) is 2.86. The summed E-state index contributed by atoms with van der Waals surface area (Å²) in [6.45, 7) is 20.2. The fourth-order valence-electron chi connectivity index (χ4n) is 4.76. The second kappa shape index (κ2) is 18.4. The van der Waals surface area contributed by atoms with E-state index in [1.165, 1.54) is 0 Å². The number of hydrogen-bond donors (Lipinski definition) is 0. The van der Waals surface area contributed by atoms with Gasteiger partial charge in [-0.25, -0.2) is 0 Å². The zero-order chi connectivity index (χ0) is 26.9. The Morgan fingerprint density at radius 2 is 0.972 bits per heavy atom. The van der Waals surface area contributed by atoms with E-state index in [1.54, 1.807) is 0 Å². The molecule has 0 fully saturated rings. The second-order valence-corrected chi connectivity index (χ2v) is 13.6. The molecule has 2 unspecified atom stereocenters. The fourth-order valence-corrected chi connectivity index (χ4v) is 11.4. The summed E-state index contributed by atoms with van der Waals surface area (Å²) < 4.78 is 38.5. The largest absolute Gasteiger partial charge is 0.519 e. The molecule has 208 valence electrons. The topological polar surface area (TPSA) is 58.6 Å². The second-order valence-electron chi connectivity index (χ2n) is 8.16. The van der Waals surface area contributed by atoms with E-state index in [2.05, 4.69) is 55.2 Å². The first kappa shape index (κ1) is 33.1. The Kier molecular flexibility index (Phi) is 16.9. The molecule has 0 radical (unpaired) electrons. The van der Waals surface area contributed by atoms with E-state index in [-0.39, 0.29) is 11.3 Å². The molecule has 0 amide bonds. The third-order valence-electron chi connectivity index (χ3n) is 5.89. The van der Waals surface area contributed by atoms with Gasteiger partial charge in [0.1, 0.15) is 0 Å². The molecule has 1 aromatic carbocycles. The highest BCUT2D eigenvalue weighted by Gasteiger charge is 2.58. The zero-order valence-corrected chi connectivity index (χ0v) is 26.0. The minimum Gasteiger partial charge on any atom is -0.373 e. The van der Waals surface area contributed by atoms with Crippen molar-refractivity contribution in [3.05, 3.63) is 42.0 Å². The van der Waals surface area contributed by atoms with Gasteiger partial charge in [-0.15, -0.1) is 0 Å². The fraction of sp³-hybridized carbons (Fsp3) is 0.704. The Balaban J connectivity index is 3.67.